The number of benzene rings is 3. The maximum atomic E-state index is 12.3. The number of nitrogens with zero attached hydrogens (tertiary/aromatic N) is 3. The Kier molecular flexibility index (Phi) is 7.91. The summed E-state index contributed by atoms with van der Waals surface area (Å²) in [5.74, 6) is 0.755. The number of carbonyl (C=O) groups excluding carboxylic acids is 1. The first kappa shape index (κ1) is 23.7. The van der Waals surface area contributed by atoms with Crippen molar-refractivity contribution in [3.05, 3.63) is 72.8 Å². The molecule has 0 saturated heterocycles. The first-order chi connectivity index (χ1) is 15.9. The van der Waals surface area contributed by atoms with Gasteiger partial charge in [-0.05, 0) is 60.7 Å². The largest absolute Gasteiger partial charge is 0.497 e. The quantitative estimate of drug-likeness (QED) is 0.338. The van der Waals surface area contributed by atoms with Gasteiger partial charge in [0.25, 0.3) is 0 Å². The number of carbonyl (C=O) groups is 1. The highest BCUT2D eigenvalue weighted by atomic mass is 16.5. The van der Waals surface area contributed by atoms with E-state index >= 15 is 0 Å². The summed E-state index contributed by atoms with van der Waals surface area (Å²) in [7, 11) is 7.33. The molecule has 0 aliphatic carbocycles. The van der Waals surface area contributed by atoms with Crippen molar-refractivity contribution >= 4 is 39.9 Å². The molecule has 0 spiro atoms. The minimum Gasteiger partial charge on any atom is -0.497 e. The Labute approximate surface area is 195 Å². The molecule has 0 bridgehead atoms. The Bertz CT molecular complexity index is 1090. The van der Waals surface area contributed by atoms with E-state index in [1.807, 2.05) is 98.8 Å². The fourth-order valence-corrected chi connectivity index (χ4v) is 3.38. The molecule has 0 saturated carbocycles. The van der Waals surface area contributed by atoms with Crippen LogP contribution in [0.4, 0.5) is 28.4 Å². The number of hydrogen-bond donors (Lipinski definition) is 2. The van der Waals surface area contributed by atoms with Gasteiger partial charge in [0.1, 0.15) is 11.5 Å². The van der Waals surface area contributed by atoms with Crippen LogP contribution in [-0.2, 0) is 4.79 Å². The molecule has 7 heteroatoms. The Balaban J connectivity index is 1.71. The van der Waals surface area contributed by atoms with E-state index in [0.717, 1.165) is 34.2 Å². The van der Waals surface area contributed by atoms with E-state index in [4.69, 9.17) is 4.74 Å². The Morgan fingerprint density at radius 1 is 0.939 bits per heavy atom. The van der Waals surface area contributed by atoms with Crippen LogP contribution in [-0.4, -0.2) is 46.3 Å². The van der Waals surface area contributed by atoms with Crippen LogP contribution in [0.2, 0.25) is 0 Å². The average molecular weight is 446 g/mol. The number of ketones is 1. The van der Waals surface area contributed by atoms with E-state index in [2.05, 4.69) is 15.7 Å². The molecule has 0 radical (unpaired) electrons. The van der Waals surface area contributed by atoms with Gasteiger partial charge in [-0.1, -0.05) is 12.1 Å². The molecule has 3 aromatic rings. The number of para-hydroxylation sites is 2. The molecule has 3 aromatic carbocycles. The van der Waals surface area contributed by atoms with Crippen molar-refractivity contribution in [1.29, 1.82) is 0 Å². The van der Waals surface area contributed by atoms with Gasteiger partial charge in [-0.2, -0.15) is 5.10 Å². The van der Waals surface area contributed by atoms with Crippen molar-refractivity contribution < 1.29 is 9.53 Å². The molecule has 2 N–H and O–H groups in total. The van der Waals surface area contributed by atoms with Crippen molar-refractivity contribution in [2.45, 2.75) is 6.92 Å². The van der Waals surface area contributed by atoms with E-state index in [1.165, 1.54) is 0 Å². The lowest BCUT2D eigenvalue weighted by molar-refractivity contribution is -0.111. The molecule has 0 fully saturated rings. The van der Waals surface area contributed by atoms with Crippen LogP contribution in [0.3, 0.4) is 0 Å². The van der Waals surface area contributed by atoms with Crippen LogP contribution in [0, 0.1) is 0 Å². The smallest absolute Gasteiger partial charge is 0.177 e. The van der Waals surface area contributed by atoms with Crippen LogP contribution in [0.5, 0.6) is 5.75 Å². The van der Waals surface area contributed by atoms with Crippen LogP contribution < -0.4 is 25.3 Å². The van der Waals surface area contributed by atoms with Gasteiger partial charge in [-0.25, -0.2) is 0 Å². The SMILES string of the molecule is CNc1ccccc1N(C)C/C(=N/N(C)c1ccc(Nc2ccc(OC)cc2)cc1)C(C)=O. The summed E-state index contributed by atoms with van der Waals surface area (Å²) < 4.78 is 5.19. The Morgan fingerprint density at radius 3 is 2.12 bits per heavy atom. The Hall–Kier alpha value is -4.00. The molecule has 0 aromatic heterocycles. The molecule has 0 atom stereocenters. The van der Waals surface area contributed by atoms with Crippen molar-refractivity contribution in [3.8, 4) is 5.75 Å². The van der Waals surface area contributed by atoms with E-state index in [1.54, 1.807) is 19.0 Å². The molecule has 0 heterocycles. The minimum absolute atomic E-state index is 0.0616. The number of ether oxygens (including phenoxy) is 1. The standard InChI is InChI=1S/C26H31N5O2/c1-19(32)25(18-30(3)26-9-7-6-8-24(26)27-2)29-31(4)22-14-10-20(11-15-22)28-21-12-16-23(33-5)17-13-21/h6-17,27-28H,18H2,1-5H3/b29-25-. The first-order valence-corrected chi connectivity index (χ1v) is 10.7. The van der Waals surface area contributed by atoms with Crippen molar-refractivity contribution in [2.75, 3.05) is 55.3 Å². The van der Waals surface area contributed by atoms with Gasteiger partial charge in [-0.15, -0.1) is 0 Å². The van der Waals surface area contributed by atoms with Crippen LogP contribution >= 0.6 is 0 Å². The van der Waals surface area contributed by atoms with Crippen LogP contribution in [0.25, 0.3) is 0 Å². The molecular formula is C26H31N5O2. The zero-order valence-electron chi connectivity index (χ0n) is 19.8. The van der Waals surface area contributed by atoms with Gasteiger partial charge in [0, 0.05) is 39.4 Å². The van der Waals surface area contributed by atoms with Crippen LogP contribution in [0.1, 0.15) is 6.92 Å². The summed E-state index contributed by atoms with van der Waals surface area (Å²) >= 11 is 0. The summed E-state index contributed by atoms with van der Waals surface area (Å²) in [6.45, 7) is 1.95. The highest BCUT2D eigenvalue weighted by molar-refractivity contribution is 6.40. The number of anilines is 5. The van der Waals surface area contributed by atoms with E-state index in [9.17, 15) is 4.79 Å². The third-order valence-electron chi connectivity index (χ3n) is 5.27. The molecule has 0 unspecified atom stereocenters. The number of nitrogens with one attached hydrogen (secondary N) is 2. The zero-order valence-corrected chi connectivity index (χ0v) is 19.8. The summed E-state index contributed by atoms with van der Waals surface area (Å²) in [6, 6.07) is 23.6. The van der Waals surface area contributed by atoms with Gasteiger partial charge in [0.2, 0.25) is 0 Å². The summed E-state index contributed by atoms with van der Waals surface area (Å²) in [5, 5.41) is 12.9. The predicted molar refractivity (Wildman–Crippen MR) is 138 cm³/mol. The van der Waals surface area contributed by atoms with Crippen LogP contribution in [0.15, 0.2) is 77.9 Å². The number of rotatable bonds is 10. The molecule has 33 heavy (non-hydrogen) atoms. The molecule has 0 aliphatic rings. The van der Waals surface area contributed by atoms with Gasteiger partial charge in [0.15, 0.2) is 5.78 Å². The number of hydrazone groups is 1. The third kappa shape index (κ3) is 6.26. The first-order valence-electron chi connectivity index (χ1n) is 10.7. The monoisotopic (exact) mass is 445 g/mol. The highest BCUT2D eigenvalue weighted by Gasteiger charge is 2.14. The second kappa shape index (κ2) is 11.0. The summed E-state index contributed by atoms with van der Waals surface area (Å²) in [4.78, 5) is 14.3. The summed E-state index contributed by atoms with van der Waals surface area (Å²) in [5.41, 5.74) is 5.29. The molecule has 172 valence electrons. The maximum absolute atomic E-state index is 12.3. The van der Waals surface area contributed by atoms with E-state index in [-0.39, 0.29) is 5.78 Å². The zero-order chi connectivity index (χ0) is 23.8. The summed E-state index contributed by atoms with van der Waals surface area (Å²) in [6.07, 6.45) is 0. The van der Waals surface area contributed by atoms with Crippen molar-refractivity contribution in [1.82, 2.24) is 0 Å². The topological polar surface area (TPSA) is 69.2 Å². The molecule has 3 rings (SSSR count). The normalized spacial score (nSPS) is 11.0. The predicted octanol–water partition coefficient (Wildman–Crippen LogP) is 5.00. The second-order valence-corrected chi connectivity index (χ2v) is 7.65. The average Bonchev–Trinajstić information content (AvgIpc) is 2.84. The number of methoxy groups -OCH3 is 1. The number of hydrogen-bond acceptors (Lipinski definition) is 7. The van der Waals surface area contributed by atoms with Gasteiger partial charge < -0.3 is 20.3 Å². The molecular weight excluding hydrogens is 414 g/mol. The molecule has 0 aliphatic heterocycles. The maximum Gasteiger partial charge on any atom is 0.177 e. The third-order valence-corrected chi connectivity index (χ3v) is 5.27. The second-order valence-electron chi connectivity index (χ2n) is 7.65. The lowest BCUT2D eigenvalue weighted by Gasteiger charge is -2.23. The van der Waals surface area contributed by atoms with Crippen molar-refractivity contribution in [2.24, 2.45) is 5.10 Å². The lowest BCUT2D eigenvalue weighted by Crippen LogP contribution is -2.32. The Morgan fingerprint density at radius 2 is 1.55 bits per heavy atom. The fourth-order valence-electron chi connectivity index (χ4n) is 3.38. The van der Waals surface area contributed by atoms with E-state index < -0.39 is 0 Å². The minimum atomic E-state index is -0.0616. The molecule has 7 nitrogen and oxygen atoms in total. The number of Topliss-reactive ketones (excluding diaryl/α,β-unsaturated/α-hetero) is 1. The molecule has 0 amide bonds. The van der Waals surface area contributed by atoms with Gasteiger partial charge in [-0.3, -0.25) is 9.80 Å². The van der Waals surface area contributed by atoms with Gasteiger partial charge >= 0.3 is 0 Å². The van der Waals surface area contributed by atoms with E-state index in [0.29, 0.717) is 12.3 Å². The fraction of sp³-hybridized carbons (Fsp3) is 0.231. The van der Waals surface area contributed by atoms with Gasteiger partial charge in [0.05, 0.1) is 30.7 Å². The highest BCUT2D eigenvalue weighted by Crippen LogP contribution is 2.25. The lowest BCUT2D eigenvalue weighted by atomic mass is 10.2. The van der Waals surface area contributed by atoms with Crippen molar-refractivity contribution in [3.63, 3.8) is 0 Å².